The van der Waals surface area contributed by atoms with E-state index in [2.05, 4.69) is 4.72 Å². The minimum atomic E-state index is -3.62. The summed E-state index contributed by atoms with van der Waals surface area (Å²) in [4.78, 5) is 11.3. The smallest absolute Gasteiger partial charge is 0.337 e. The fourth-order valence-electron chi connectivity index (χ4n) is 2.46. The highest BCUT2D eigenvalue weighted by Gasteiger charge is 2.20. The van der Waals surface area contributed by atoms with Crippen molar-refractivity contribution >= 4 is 21.7 Å². The molecular weight excluding hydrogens is 294 g/mol. The van der Waals surface area contributed by atoms with E-state index in [1.165, 1.54) is 7.11 Å². The lowest BCUT2D eigenvalue weighted by Gasteiger charge is -2.19. The number of fused-ring (bicyclic) bond motifs is 1. The molecule has 0 spiro atoms. The minimum absolute atomic E-state index is 0.00311. The molecule has 0 radical (unpaired) electrons. The van der Waals surface area contributed by atoms with Crippen LogP contribution < -0.4 is 4.72 Å². The summed E-state index contributed by atoms with van der Waals surface area (Å²) in [5.74, 6) is -1.34. The summed E-state index contributed by atoms with van der Waals surface area (Å²) in [6.07, 6.45) is 3.76. The van der Waals surface area contributed by atoms with Gasteiger partial charge in [0.05, 0.1) is 23.6 Å². The summed E-state index contributed by atoms with van der Waals surface area (Å²) in [6.45, 7) is 0.0582. The number of carboxylic acid groups (broad SMARTS) is 1. The monoisotopic (exact) mass is 313 g/mol. The van der Waals surface area contributed by atoms with Crippen LogP contribution in [-0.4, -0.2) is 39.0 Å². The molecule has 0 bridgehead atoms. The van der Waals surface area contributed by atoms with Gasteiger partial charge in [0.15, 0.2) is 0 Å². The van der Waals surface area contributed by atoms with Crippen LogP contribution in [0.15, 0.2) is 12.1 Å². The number of rotatable bonds is 6. The van der Waals surface area contributed by atoms with Gasteiger partial charge in [0, 0.05) is 7.11 Å². The fourth-order valence-corrected chi connectivity index (χ4v) is 3.45. The molecule has 0 aliphatic heterocycles. The average Bonchev–Trinajstić information content (AvgIpc) is 2.44. The molecule has 2 rings (SSSR count). The second-order valence-electron chi connectivity index (χ2n) is 5.09. The number of nitrogens with one attached hydrogen (secondary N) is 1. The molecule has 0 amide bonds. The third kappa shape index (κ3) is 3.95. The van der Waals surface area contributed by atoms with Crippen molar-refractivity contribution in [3.8, 4) is 0 Å². The van der Waals surface area contributed by atoms with E-state index in [1.54, 1.807) is 12.1 Å². The summed E-state index contributed by atoms with van der Waals surface area (Å²) in [5, 5.41) is 9.28. The van der Waals surface area contributed by atoms with Crippen LogP contribution in [0.2, 0.25) is 0 Å². The van der Waals surface area contributed by atoms with Gasteiger partial charge in [-0.15, -0.1) is 0 Å². The van der Waals surface area contributed by atoms with Gasteiger partial charge in [-0.05, 0) is 48.9 Å². The Morgan fingerprint density at radius 3 is 2.48 bits per heavy atom. The number of benzene rings is 1. The van der Waals surface area contributed by atoms with Gasteiger partial charge in [-0.1, -0.05) is 0 Å². The van der Waals surface area contributed by atoms with Crippen molar-refractivity contribution in [3.05, 3.63) is 28.8 Å². The Hall–Kier alpha value is -1.60. The molecule has 0 fully saturated rings. The molecular formula is C14H19NO5S. The summed E-state index contributed by atoms with van der Waals surface area (Å²) >= 11 is 0. The van der Waals surface area contributed by atoms with Crippen molar-refractivity contribution in [1.29, 1.82) is 0 Å². The Bertz CT molecular complexity index is 639. The molecule has 0 saturated carbocycles. The summed E-state index contributed by atoms with van der Waals surface area (Å²) in [5.41, 5.74) is 2.16. The number of carbonyl (C=O) groups is 1. The van der Waals surface area contributed by atoms with Crippen molar-refractivity contribution in [1.82, 2.24) is 0 Å². The van der Waals surface area contributed by atoms with E-state index < -0.39 is 16.0 Å². The molecule has 0 saturated heterocycles. The Morgan fingerprint density at radius 1 is 1.29 bits per heavy atom. The molecule has 1 aliphatic carbocycles. The Labute approximate surface area is 124 Å². The number of sulfonamides is 1. The molecule has 1 aromatic rings. The van der Waals surface area contributed by atoms with Crippen molar-refractivity contribution in [3.63, 3.8) is 0 Å². The van der Waals surface area contributed by atoms with Crippen LogP contribution in [0.5, 0.6) is 0 Å². The van der Waals surface area contributed by atoms with E-state index in [0.29, 0.717) is 0 Å². The van der Waals surface area contributed by atoms with Crippen LogP contribution in [0.3, 0.4) is 0 Å². The third-order valence-corrected chi connectivity index (χ3v) is 4.77. The zero-order valence-electron chi connectivity index (χ0n) is 11.9. The quantitative estimate of drug-likeness (QED) is 0.833. The van der Waals surface area contributed by atoms with Crippen molar-refractivity contribution < 1.29 is 23.1 Å². The molecule has 0 heterocycles. The van der Waals surface area contributed by atoms with Crippen molar-refractivity contribution in [2.24, 2.45) is 0 Å². The lowest BCUT2D eigenvalue weighted by Crippen LogP contribution is -2.22. The first-order chi connectivity index (χ1) is 9.93. The van der Waals surface area contributed by atoms with Crippen molar-refractivity contribution in [2.45, 2.75) is 25.7 Å². The number of aryl methyl sites for hydroxylation is 2. The number of ether oxygens (including phenoxy) is 1. The van der Waals surface area contributed by atoms with Gasteiger partial charge in [-0.3, -0.25) is 4.72 Å². The van der Waals surface area contributed by atoms with Crippen LogP contribution in [-0.2, 0) is 27.6 Å². The second kappa shape index (κ2) is 6.44. The van der Waals surface area contributed by atoms with E-state index >= 15 is 0 Å². The molecule has 7 heteroatoms. The number of hydrogen-bond donors (Lipinski definition) is 2. The number of aromatic carboxylic acids is 1. The topological polar surface area (TPSA) is 92.7 Å². The lowest BCUT2D eigenvalue weighted by atomic mass is 9.89. The van der Waals surface area contributed by atoms with Crippen molar-refractivity contribution in [2.75, 3.05) is 24.2 Å². The third-order valence-electron chi connectivity index (χ3n) is 3.53. The highest BCUT2D eigenvalue weighted by molar-refractivity contribution is 7.92. The average molecular weight is 313 g/mol. The first-order valence-corrected chi connectivity index (χ1v) is 8.46. The standard InChI is InChI=1S/C14H19NO5S/c1-20-6-7-21(18,19)15-13-9-11-5-3-2-4-10(11)8-12(13)14(16)17/h8-9,15H,2-7H2,1H3,(H,16,17). The molecule has 21 heavy (non-hydrogen) atoms. The van der Waals surface area contributed by atoms with Gasteiger partial charge < -0.3 is 9.84 Å². The number of methoxy groups -OCH3 is 1. The van der Waals surface area contributed by atoms with E-state index in [-0.39, 0.29) is 23.6 Å². The summed E-state index contributed by atoms with van der Waals surface area (Å²) < 4.78 is 30.9. The van der Waals surface area contributed by atoms with Gasteiger partial charge in [-0.25, -0.2) is 13.2 Å². The molecule has 116 valence electrons. The highest BCUT2D eigenvalue weighted by Crippen LogP contribution is 2.28. The van der Waals surface area contributed by atoms with Crippen LogP contribution in [0.25, 0.3) is 0 Å². The summed E-state index contributed by atoms with van der Waals surface area (Å²) in [7, 11) is -2.20. The largest absolute Gasteiger partial charge is 0.478 e. The fraction of sp³-hybridized carbons (Fsp3) is 0.500. The van der Waals surface area contributed by atoms with Crippen LogP contribution >= 0.6 is 0 Å². The lowest BCUT2D eigenvalue weighted by molar-refractivity contribution is 0.0698. The minimum Gasteiger partial charge on any atom is -0.478 e. The molecule has 6 nitrogen and oxygen atoms in total. The van der Waals surface area contributed by atoms with Gasteiger partial charge in [0.2, 0.25) is 10.0 Å². The second-order valence-corrected chi connectivity index (χ2v) is 6.93. The highest BCUT2D eigenvalue weighted by atomic mass is 32.2. The SMILES string of the molecule is COCCS(=O)(=O)Nc1cc2c(cc1C(=O)O)CCCC2. The van der Waals surface area contributed by atoms with Gasteiger partial charge in [0.25, 0.3) is 0 Å². The van der Waals surface area contributed by atoms with E-state index in [1.807, 2.05) is 0 Å². The predicted molar refractivity (Wildman–Crippen MR) is 79.3 cm³/mol. The first-order valence-electron chi connectivity index (χ1n) is 6.81. The van der Waals surface area contributed by atoms with Gasteiger partial charge in [0.1, 0.15) is 0 Å². The van der Waals surface area contributed by atoms with E-state index in [4.69, 9.17) is 4.74 Å². The zero-order valence-corrected chi connectivity index (χ0v) is 12.7. The predicted octanol–water partition coefficient (Wildman–Crippen LogP) is 1.65. The zero-order chi connectivity index (χ0) is 15.5. The van der Waals surface area contributed by atoms with Crippen LogP contribution in [0, 0.1) is 0 Å². The first kappa shape index (κ1) is 15.8. The van der Waals surface area contributed by atoms with Crippen LogP contribution in [0.1, 0.15) is 34.3 Å². The van der Waals surface area contributed by atoms with E-state index in [9.17, 15) is 18.3 Å². The number of hydrogen-bond acceptors (Lipinski definition) is 4. The number of anilines is 1. The van der Waals surface area contributed by atoms with E-state index in [0.717, 1.165) is 36.8 Å². The normalized spacial score (nSPS) is 14.5. The molecule has 1 aliphatic rings. The van der Waals surface area contributed by atoms with Crippen LogP contribution in [0.4, 0.5) is 5.69 Å². The van der Waals surface area contributed by atoms with Gasteiger partial charge >= 0.3 is 5.97 Å². The maximum Gasteiger partial charge on any atom is 0.337 e. The molecule has 0 aromatic heterocycles. The molecule has 0 atom stereocenters. The molecule has 0 unspecified atom stereocenters. The molecule has 1 aromatic carbocycles. The molecule has 2 N–H and O–H groups in total. The number of carboxylic acids is 1. The Balaban J connectivity index is 2.35. The Morgan fingerprint density at radius 2 is 1.90 bits per heavy atom. The Kier molecular flexibility index (Phi) is 4.84. The maximum atomic E-state index is 11.9. The van der Waals surface area contributed by atoms with Gasteiger partial charge in [-0.2, -0.15) is 0 Å². The maximum absolute atomic E-state index is 11.9. The summed E-state index contributed by atoms with van der Waals surface area (Å²) in [6, 6.07) is 3.24.